The molecule has 1 N–H and O–H groups in total. The van der Waals surface area contributed by atoms with E-state index in [-0.39, 0.29) is 10.8 Å². The van der Waals surface area contributed by atoms with Crippen LogP contribution in [-0.4, -0.2) is 53.1 Å². The van der Waals surface area contributed by atoms with Gasteiger partial charge in [0.1, 0.15) is 11.6 Å². The Kier molecular flexibility index (Phi) is 3.52. The third-order valence-electron chi connectivity index (χ3n) is 7.37. The minimum Gasteiger partial charge on any atom is -0.369 e. The lowest BCUT2D eigenvalue weighted by atomic mass is 9.92. The molecule has 6 heteroatoms. The summed E-state index contributed by atoms with van der Waals surface area (Å²) in [5, 5.41) is 3.46. The van der Waals surface area contributed by atoms with Crippen LogP contribution in [0.4, 0.5) is 17.3 Å². The maximum Gasteiger partial charge on any atom is 0.230 e. The monoisotopic (exact) mass is 376 g/mol. The standard InChI is InChI=1S/C22H28N6/c1-27-12-14-28(15-13-27)17-4-2-16(3-5-17)23-20-25-18-21(6-7-21)10-11-22(8-9-22)19(24-18)26-20/h2-5H,6-15H2,1H3,(H,23,24,25,26). The van der Waals surface area contributed by atoms with Gasteiger partial charge in [0.15, 0.2) is 0 Å². The first-order chi connectivity index (χ1) is 13.6. The fourth-order valence-corrected chi connectivity index (χ4v) is 4.81. The molecule has 2 bridgehead atoms. The maximum absolute atomic E-state index is 4.91. The molecule has 1 aromatic carbocycles. The van der Waals surface area contributed by atoms with E-state index in [9.17, 15) is 0 Å². The van der Waals surface area contributed by atoms with E-state index in [4.69, 9.17) is 15.0 Å². The minimum absolute atomic E-state index is 0.255. The SMILES string of the molecule is CN1CCN(c2ccc(Nc3nc4nc(n3)C3(CCC45CC5)CC3)cc2)CC1. The Hall–Kier alpha value is -2.21. The van der Waals surface area contributed by atoms with E-state index in [0.29, 0.717) is 0 Å². The van der Waals surface area contributed by atoms with Crippen molar-refractivity contribution in [3.8, 4) is 0 Å². The number of benzene rings is 1. The number of anilines is 3. The molecule has 146 valence electrons. The molecule has 2 aromatic rings. The topological polar surface area (TPSA) is 57.2 Å². The van der Waals surface area contributed by atoms with E-state index in [1.807, 2.05) is 0 Å². The predicted octanol–water partition coefficient (Wildman–Crippen LogP) is 3.22. The smallest absolute Gasteiger partial charge is 0.230 e. The number of nitrogens with one attached hydrogen (secondary N) is 1. The van der Waals surface area contributed by atoms with Gasteiger partial charge in [0.05, 0.1) is 0 Å². The summed E-state index contributed by atoms with van der Waals surface area (Å²) >= 11 is 0. The summed E-state index contributed by atoms with van der Waals surface area (Å²) in [7, 11) is 2.19. The Balaban J connectivity index is 1.24. The third-order valence-corrected chi connectivity index (χ3v) is 7.37. The molecular formula is C22H28N6. The van der Waals surface area contributed by atoms with Crippen molar-refractivity contribution in [2.24, 2.45) is 0 Å². The van der Waals surface area contributed by atoms with E-state index in [1.165, 1.54) is 44.2 Å². The highest BCUT2D eigenvalue weighted by atomic mass is 15.2. The number of hydrogen-bond donors (Lipinski definition) is 1. The average molecular weight is 377 g/mol. The Morgan fingerprint density at radius 3 is 1.82 bits per heavy atom. The van der Waals surface area contributed by atoms with Crippen LogP contribution in [0.1, 0.15) is 50.2 Å². The zero-order valence-electron chi connectivity index (χ0n) is 16.6. The Morgan fingerprint density at radius 1 is 0.750 bits per heavy atom. The molecule has 6 nitrogen and oxygen atoms in total. The Bertz CT molecular complexity index is 853. The summed E-state index contributed by atoms with van der Waals surface area (Å²) in [4.78, 5) is 19.4. The van der Waals surface area contributed by atoms with Gasteiger partial charge >= 0.3 is 0 Å². The van der Waals surface area contributed by atoms with Crippen LogP contribution >= 0.6 is 0 Å². The second kappa shape index (κ2) is 5.89. The highest BCUT2D eigenvalue weighted by Crippen LogP contribution is 2.59. The van der Waals surface area contributed by atoms with Crippen LogP contribution in [0.3, 0.4) is 0 Å². The van der Waals surface area contributed by atoms with Crippen LogP contribution in [-0.2, 0) is 10.8 Å². The van der Waals surface area contributed by atoms with Crippen molar-refractivity contribution in [2.75, 3.05) is 43.4 Å². The van der Waals surface area contributed by atoms with Crippen molar-refractivity contribution < 1.29 is 0 Å². The van der Waals surface area contributed by atoms with Crippen LogP contribution < -0.4 is 10.2 Å². The normalized spacial score (nSPS) is 24.2. The first-order valence-corrected chi connectivity index (χ1v) is 10.7. The number of likely N-dealkylation sites (N-methyl/N-ethyl adjacent to an activating group) is 1. The van der Waals surface area contributed by atoms with E-state index >= 15 is 0 Å². The number of fused-ring (bicyclic) bond motifs is 4. The number of rotatable bonds is 3. The molecule has 3 heterocycles. The molecule has 0 radical (unpaired) electrons. The summed E-state index contributed by atoms with van der Waals surface area (Å²) in [6, 6.07) is 8.71. The van der Waals surface area contributed by atoms with Crippen LogP contribution in [0.5, 0.6) is 0 Å². The summed E-state index contributed by atoms with van der Waals surface area (Å²) in [6.45, 7) is 4.43. The molecule has 0 unspecified atom stereocenters. The van der Waals surface area contributed by atoms with Crippen LogP contribution in [0.15, 0.2) is 24.3 Å². The number of piperazine rings is 1. The number of hydrogen-bond acceptors (Lipinski definition) is 6. The first-order valence-electron chi connectivity index (χ1n) is 10.7. The zero-order valence-corrected chi connectivity index (χ0v) is 16.6. The largest absolute Gasteiger partial charge is 0.369 e. The van der Waals surface area contributed by atoms with Gasteiger partial charge in [-0.1, -0.05) is 0 Å². The quantitative estimate of drug-likeness (QED) is 0.888. The molecule has 3 fully saturated rings. The van der Waals surface area contributed by atoms with Gasteiger partial charge in [-0.3, -0.25) is 0 Å². The third kappa shape index (κ3) is 2.77. The molecule has 2 spiro atoms. The van der Waals surface area contributed by atoms with Crippen molar-refractivity contribution in [3.05, 3.63) is 35.9 Å². The fourth-order valence-electron chi connectivity index (χ4n) is 4.81. The van der Waals surface area contributed by atoms with Gasteiger partial charge in [-0.25, -0.2) is 4.98 Å². The number of aromatic nitrogens is 3. The second-order valence-electron chi connectivity index (χ2n) is 9.33. The molecule has 0 amide bonds. The molecule has 2 saturated carbocycles. The van der Waals surface area contributed by atoms with Crippen LogP contribution in [0, 0.1) is 0 Å². The van der Waals surface area contributed by atoms with Gasteiger partial charge in [0.2, 0.25) is 5.95 Å². The van der Waals surface area contributed by atoms with Gasteiger partial charge in [0, 0.05) is 48.4 Å². The fraction of sp³-hybridized carbons (Fsp3) is 0.591. The van der Waals surface area contributed by atoms with Crippen molar-refractivity contribution >= 4 is 17.3 Å². The van der Waals surface area contributed by atoms with Crippen molar-refractivity contribution in [2.45, 2.75) is 49.4 Å². The molecule has 1 saturated heterocycles. The van der Waals surface area contributed by atoms with E-state index < -0.39 is 0 Å². The molecule has 4 aliphatic rings. The molecule has 2 aliphatic heterocycles. The molecule has 2 aliphatic carbocycles. The highest BCUT2D eigenvalue weighted by molar-refractivity contribution is 5.59. The summed E-state index contributed by atoms with van der Waals surface area (Å²) in [6.07, 6.45) is 7.44. The average Bonchev–Trinajstić information content (AvgIpc) is 3.62. The number of nitrogens with zero attached hydrogens (tertiary/aromatic N) is 5. The van der Waals surface area contributed by atoms with Crippen molar-refractivity contribution in [1.82, 2.24) is 19.9 Å². The lowest BCUT2D eigenvalue weighted by molar-refractivity contribution is 0.313. The summed E-state index contributed by atoms with van der Waals surface area (Å²) in [5.74, 6) is 2.81. The summed E-state index contributed by atoms with van der Waals surface area (Å²) in [5.41, 5.74) is 2.86. The van der Waals surface area contributed by atoms with Crippen molar-refractivity contribution in [1.29, 1.82) is 0 Å². The first kappa shape index (κ1) is 16.7. The molecule has 1 aromatic heterocycles. The zero-order chi connectivity index (χ0) is 18.8. The lowest BCUT2D eigenvalue weighted by Gasteiger charge is -2.34. The molecular weight excluding hydrogens is 348 g/mol. The minimum atomic E-state index is 0.255. The van der Waals surface area contributed by atoms with E-state index in [0.717, 1.165) is 49.5 Å². The van der Waals surface area contributed by atoms with E-state index in [1.54, 1.807) is 0 Å². The highest BCUT2D eigenvalue weighted by Gasteiger charge is 2.56. The molecule has 0 atom stereocenters. The Morgan fingerprint density at radius 2 is 1.29 bits per heavy atom. The molecule has 28 heavy (non-hydrogen) atoms. The van der Waals surface area contributed by atoms with Crippen LogP contribution in [0.2, 0.25) is 0 Å². The van der Waals surface area contributed by atoms with Gasteiger partial charge in [-0.15, -0.1) is 0 Å². The summed E-state index contributed by atoms with van der Waals surface area (Å²) < 4.78 is 0. The van der Waals surface area contributed by atoms with Gasteiger partial charge in [-0.05, 0) is 69.8 Å². The lowest BCUT2D eigenvalue weighted by Crippen LogP contribution is -2.44. The predicted molar refractivity (Wildman–Crippen MR) is 110 cm³/mol. The second-order valence-corrected chi connectivity index (χ2v) is 9.33. The van der Waals surface area contributed by atoms with Gasteiger partial charge < -0.3 is 15.1 Å². The Labute approximate surface area is 166 Å². The molecule has 6 rings (SSSR count). The van der Waals surface area contributed by atoms with Crippen molar-refractivity contribution in [3.63, 3.8) is 0 Å². The van der Waals surface area contributed by atoms with Gasteiger partial charge in [-0.2, -0.15) is 9.97 Å². The maximum atomic E-state index is 4.91. The van der Waals surface area contributed by atoms with E-state index in [2.05, 4.69) is 46.4 Å². The van der Waals surface area contributed by atoms with Gasteiger partial charge in [0.25, 0.3) is 0 Å². The van der Waals surface area contributed by atoms with Crippen LogP contribution in [0.25, 0.3) is 0 Å².